The Morgan fingerprint density at radius 1 is 0.611 bits per heavy atom. The molecule has 0 aliphatic rings. The van der Waals surface area contributed by atoms with E-state index in [0.29, 0.717) is 11.1 Å². The molecule has 18 heavy (non-hydrogen) atoms. The topological polar surface area (TPSA) is 58.9 Å². The highest BCUT2D eigenvalue weighted by Crippen LogP contribution is 2.34. The van der Waals surface area contributed by atoms with E-state index in [1.54, 1.807) is 48.5 Å². The van der Waals surface area contributed by atoms with Crippen LogP contribution in [0.2, 0.25) is 0 Å². The Kier molecular flexibility index (Phi) is 3.91. The highest BCUT2D eigenvalue weighted by molar-refractivity contribution is 5.27. The second-order valence-electron chi connectivity index (χ2n) is 3.92. The van der Waals surface area contributed by atoms with Crippen molar-refractivity contribution in [3.05, 3.63) is 81.6 Å². The van der Waals surface area contributed by atoms with Gasteiger partial charge in [-0.05, 0) is 11.1 Å². The van der Waals surface area contributed by atoms with Crippen LogP contribution in [0.15, 0.2) is 71.0 Å². The minimum absolute atomic E-state index is 0.695. The summed E-state index contributed by atoms with van der Waals surface area (Å²) in [6, 6.07) is 16.4. The summed E-state index contributed by atoms with van der Waals surface area (Å²) in [7, 11) is 0. The quantitative estimate of drug-likeness (QED) is 0.741. The molecular formula is C14H12N2O2. The predicted octanol–water partition coefficient (Wildman–Crippen LogP) is 4.00. The normalized spacial score (nSPS) is 13.6. The average molecular weight is 240 g/mol. The molecule has 90 valence electrons. The van der Waals surface area contributed by atoms with Crippen LogP contribution in [0.1, 0.15) is 23.2 Å². The van der Waals surface area contributed by atoms with Crippen molar-refractivity contribution in [3.63, 3.8) is 0 Å². The van der Waals surface area contributed by atoms with Crippen molar-refractivity contribution >= 4 is 0 Å². The maximum Gasteiger partial charge on any atom is 0.147 e. The molecule has 0 aliphatic carbocycles. The summed E-state index contributed by atoms with van der Waals surface area (Å²) in [5.41, 5.74) is 1.39. The standard InChI is InChI=1S/C14H12N2O2/c17-15-13(11-7-3-1-4-8-11)14(16-18)12-9-5-2-6-10-12/h1-10,13-14H. The zero-order chi connectivity index (χ0) is 12.8. The molecule has 0 spiro atoms. The van der Waals surface area contributed by atoms with Crippen molar-refractivity contribution in [1.82, 2.24) is 0 Å². The Balaban J connectivity index is 2.37. The lowest BCUT2D eigenvalue weighted by atomic mass is 9.95. The Hall–Kier alpha value is -2.36. The average Bonchev–Trinajstić information content (AvgIpc) is 2.46. The number of hydrogen-bond acceptors (Lipinski definition) is 4. The van der Waals surface area contributed by atoms with E-state index in [9.17, 15) is 9.81 Å². The lowest BCUT2D eigenvalue weighted by Gasteiger charge is -2.15. The van der Waals surface area contributed by atoms with Crippen LogP contribution in [0, 0.1) is 9.81 Å². The van der Waals surface area contributed by atoms with Gasteiger partial charge >= 0.3 is 0 Å². The third-order valence-corrected chi connectivity index (χ3v) is 2.81. The molecule has 0 aromatic heterocycles. The lowest BCUT2D eigenvalue weighted by molar-refractivity contribution is 0.571. The second-order valence-corrected chi connectivity index (χ2v) is 3.92. The van der Waals surface area contributed by atoms with Gasteiger partial charge in [-0.15, -0.1) is 0 Å². The number of nitrogens with zero attached hydrogens (tertiary/aromatic N) is 2. The molecule has 2 unspecified atom stereocenters. The van der Waals surface area contributed by atoms with Crippen molar-refractivity contribution in [1.29, 1.82) is 0 Å². The van der Waals surface area contributed by atoms with Gasteiger partial charge in [0.05, 0.1) is 0 Å². The van der Waals surface area contributed by atoms with E-state index in [-0.39, 0.29) is 0 Å². The van der Waals surface area contributed by atoms with E-state index in [1.165, 1.54) is 0 Å². The zero-order valence-electron chi connectivity index (χ0n) is 9.64. The molecule has 0 heterocycles. The fourth-order valence-electron chi connectivity index (χ4n) is 1.90. The number of benzene rings is 2. The molecule has 0 bridgehead atoms. The van der Waals surface area contributed by atoms with Crippen molar-refractivity contribution in [2.24, 2.45) is 10.4 Å². The fourth-order valence-corrected chi connectivity index (χ4v) is 1.90. The summed E-state index contributed by atoms with van der Waals surface area (Å²) < 4.78 is 0. The molecule has 4 heteroatoms. The first-order valence-electron chi connectivity index (χ1n) is 5.61. The smallest absolute Gasteiger partial charge is 0.147 e. The minimum atomic E-state index is -0.786. The third kappa shape index (κ3) is 2.48. The van der Waals surface area contributed by atoms with E-state index < -0.39 is 12.1 Å². The predicted molar refractivity (Wildman–Crippen MR) is 70.0 cm³/mol. The minimum Gasteiger partial charge on any atom is -0.150 e. The van der Waals surface area contributed by atoms with E-state index in [1.807, 2.05) is 12.1 Å². The molecular weight excluding hydrogens is 228 g/mol. The molecule has 0 radical (unpaired) electrons. The van der Waals surface area contributed by atoms with Gasteiger partial charge in [-0.3, -0.25) is 0 Å². The van der Waals surface area contributed by atoms with Crippen LogP contribution < -0.4 is 0 Å². The first-order chi connectivity index (χ1) is 8.86. The van der Waals surface area contributed by atoms with Crippen LogP contribution in [0.3, 0.4) is 0 Å². The molecule has 2 atom stereocenters. The van der Waals surface area contributed by atoms with Crippen LogP contribution in [-0.4, -0.2) is 0 Å². The Morgan fingerprint density at radius 3 is 1.22 bits per heavy atom. The number of rotatable bonds is 5. The molecule has 2 aromatic carbocycles. The zero-order valence-corrected chi connectivity index (χ0v) is 9.64. The summed E-state index contributed by atoms with van der Waals surface area (Å²) in [6.07, 6.45) is 0. The van der Waals surface area contributed by atoms with Crippen LogP contribution >= 0.6 is 0 Å². The largest absolute Gasteiger partial charge is 0.150 e. The van der Waals surface area contributed by atoms with Crippen molar-refractivity contribution in [3.8, 4) is 0 Å². The molecule has 4 nitrogen and oxygen atoms in total. The van der Waals surface area contributed by atoms with Crippen LogP contribution in [-0.2, 0) is 0 Å². The molecule has 2 rings (SSSR count). The number of hydrogen-bond donors (Lipinski definition) is 0. The maximum absolute atomic E-state index is 11.0. The van der Waals surface area contributed by atoms with E-state index in [0.717, 1.165) is 0 Å². The summed E-state index contributed by atoms with van der Waals surface area (Å²) in [5, 5.41) is 6.12. The fraction of sp³-hybridized carbons (Fsp3) is 0.143. The first-order valence-corrected chi connectivity index (χ1v) is 5.61. The molecule has 0 aliphatic heterocycles. The molecule has 0 amide bonds. The number of nitroso groups, excluding NO2 is 2. The molecule has 0 saturated heterocycles. The highest BCUT2D eigenvalue weighted by atomic mass is 16.3. The Bertz CT molecular complexity index is 464. The van der Waals surface area contributed by atoms with Gasteiger partial charge < -0.3 is 0 Å². The summed E-state index contributed by atoms with van der Waals surface area (Å²) in [4.78, 5) is 22.1. The van der Waals surface area contributed by atoms with Gasteiger partial charge in [0.1, 0.15) is 12.1 Å². The van der Waals surface area contributed by atoms with Gasteiger partial charge in [0.15, 0.2) is 0 Å². The molecule has 0 fully saturated rings. The van der Waals surface area contributed by atoms with Crippen molar-refractivity contribution in [2.75, 3.05) is 0 Å². The second kappa shape index (κ2) is 5.82. The van der Waals surface area contributed by atoms with Crippen LogP contribution in [0.4, 0.5) is 0 Å². The lowest BCUT2D eigenvalue weighted by Crippen LogP contribution is -2.06. The first kappa shape index (κ1) is 12.1. The maximum atomic E-state index is 11.0. The van der Waals surface area contributed by atoms with Crippen molar-refractivity contribution < 1.29 is 0 Å². The van der Waals surface area contributed by atoms with Gasteiger partial charge in [-0.25, -0.2) is 0 Å². The van der Waals surface area contributed by atoms with E-state index in [4.69, 9.17) is 0 Å². The van der Waals surface area contributed by atoms with Gasteiger partial charge in [0, 0.05) is 0 Å². The highest BCUT2D eigenvalue weighted by Gasteiger charge is 2.26. The van der Waals surface area contributed by atoms with Gasteiger partial charge in [0.25, 0.3) is 0 Å². The van der Waals surface area contributed by atoms with Crippen LogP contribution in [0.25, 0.3) is 0 Å². The van der Waals surface area contributed by atoms with Gasteiger partial charge in [-0.1, -0.05) is 71.0 Å². The molecule has 2 aromatic rings. The monoisotopic (exact) mass is 240 g/mol. The van der Waals surface area contributed by atoms with E-state index >= 15 is 0 Å². The third-order valence-electron chi connectivity index (χ3n) is 2.81. The van der Waals surface area contributed by atoms with E-state index in [2.05, 4.69) is 10.4 Å². The van der Waals surface area contributed by atoms with Gasteiger partial charge in [-0.2, -0.15) is 9.81 Å². The molecule has 0 N–H and O–H groups in total. The van der Waals surface area contributed by atoms with Gasteiger partial charge in [0.2, 0.25) is 0 Å². The SMILES string of the molecule is O=NC(c1ccccc1)C(N=O)c1ccccc1. The summed E-state index contributed by atoms with van der Waals surface area (Å²) in [5.74, 6) is 0. The van der Waals surface area contributed by atoms with Crippen LogP contribution in [0.5, 0.6) is 0 Å². The molecule has 0 saturated carbocycles. The Labute approximate surface area is 105 Å². The summed E-state index contributed by atoms with van der Waals surface area (Å²) in [6.45, 7) is 0. The Morgan fingerprint density at radius 2 is 0.944 bits per heavy atom. The van der Waals surface area contributed by atoms with Crippen molar-refractivity contribution in [2.45, 2.75) is 12.1 Å². The summed E-state index contributed by atoms with van der Waals surface area (Å²) >= 11 is 0.